The SMILES string of the molecule is C[C@@H](CNC(=O)C1=NO[C@]2(CCN(Cc3ccsc3)C2)C1)c1ccccc1. The summed E-state index contributed by atoms with van der Waals surface area (Å²) in [7, 11) is 0. The molecule has 1 N–H and O–H groups in total. The molecule has 6 heteroatoms. The van der Waals surface area contributed by atoms with Gasteiger partial charge >= 0.3 is 0 Å². The number of carbonyl (C=O) groups is 1. The summed E-state index contributed by atoms with van der Waals surface area (Å²) in [5, 5.41) is 11.4. The summed E-state index contributed by atoms with van der Waals surface area (Å²) < 4.78 is 0. The number of oxime groups is 1. The highest BCUT2D eigenvalue weighted by Gasteiger charge is 2.46. The zero-order valence-corrected chi connectivity index (χ0v) is 16.4. The summed E-state index contributed by atoms with van der Waals surface area (Å²) in [4.78, 5) is 20.7. The first kappa shape index (κ1) is 18.2. The molecule has 27 heavy (non-hydrogen) atoms. The average molecular weight is 384 g/mol. The van der Waals surface area contributed by atoms with Crippen LogP contribution in [0, 0.1) is 0 Å². The summed E-state index contributed by atoms with van der Waals surface area (Å²) >= 11 is 1.72. The summed E-state index contributed by atoms with van der Waals surface area (Å²) in [6.45, 7) is 5.45. The van der Waals surface area contributed by atoms with Gasteiger partial charge in [0.15, 0.2) is 5.60 Å². The third-order valence-electron chi connectivity index (χ3n) is 5.42. The lowest BCUT2D eigenvalue weighted by Gasteiger charge is -2.21. The number of nitrogens with zero attached hydrogens (tertiary/aromatic N) is 2. The lowest BCUT2D eigenvalue weighted by molar-refractivity contribution is -0.115. The number of thiophene rings is 1. The molecule has 5 nitrogen and oxygen atoms in total. The van der Waals surface area contributed by atoms with Gasteiger partial charge < -0.3 is 10.2 Å². The lowest BCUT2D eigenvalue weighted by atomic mass is 9.96. The molecule has 0 saturated carbocycles. The van der Waals surface area contributed by atoms with Crippen molar-refractivity contribution in [2.45, 2.75) is 37.8 Å². The van der Waals surface area contributed by atoms with E-state index in [1.165, 1.54) is 11.1 Å². The van der Waals surface area contributed by atoms with E-state index >= 15 is 0 Å². The molecule has 142 valence electrons. The smallest absolute Gasteiger partial charge is 0.269 e. The second-order valence-electron chi connectivity index (χ2n) is 7.60. The minimum atomic E-state index is -0.326. The molecule has 0 aliphatic carbocycles. The van der Waals surface area contributed by atoms with Crippen LogP contribution in [0.15, 0.2) is 52.3 Å². The van der Waals surface area contributed by atoms with Gasteiger partial charge in [0.2, 0.25) is 0 Å². The van der Waals surface area contributed by atoms with Gasteiger partial charge in [-0.15, -0.1) is 0 Å². The van der Waals surface area contributed by atoms with Gasteiger partial charge in [0.1, 0.15) is 5.71 Å². The van der Waals surface area contributed by atoms with Crippen molar-refractivity contribution in [3.8, 4) is 0 Å². The number of hydrogen-bond acceptors (Lipinski definition) is 5. The monoisotopic (exact) mass is 383 g/mol. The second kappa shape index (κ2) is 7.82. The molecule has 1 amide bonds. The summed E-state index contributed by atoms with van der Waals surface area (Å²) in [5.74, 6) is 0.158. The predicted molar refractivity (Wildman–Crippen MR) is 108 cm³/mol. The van der Waals surface area contributed by atoms with E-state index in [2.05, 4.69) is 51.3 Å². The van der Waals surface area contributed by atoms with Crippen LogP contribution < -0.4 is 5.32 Å². The van der Waals surface area contributed by atoms with Crippen molar-refractivity contribution in [2.75, 3.05) is 19.6 Å². The standard InChI is InChI=1S/C21H25N3O2S/c1-16(18-5-3-2-4-6-18)12-22-20(25)19-11-21(26-23-19)8-9-24(15-21)13-17-7-10-27-14-17/h2-7,10,14,16H,8-9,11-13,15H2,1H3,(H,22,25)/t16-,21+/m0/s1. The van der Waals surface area contributed by atoms with Crippen molar-refractivity contribution >= 4 is 23.0 Å². The fourth-order valence-electron chi connectivity index (χ4n) is 3.81. The molecule has 0 bridgehead atoms. The average Bonchev–Trinajstić information content (AvgIpc) is 3.43. The first-order valence-electron chi connectivity index (χ1n) is 9.45. The van der Waals surface area contributed by atoms with Gasteiger partial charge in [0.05, 0.1) is 0 Å². The number of benzene rings is 1. The molecule has 0 radical (unpaired) electrons. The maximum absolute atomic E-state index is 12.5. The lowest BCUT2D eigenvalue weighted by Crippen LogP contribution is -2.37. The van der Waals surface area contributed by atoms with Gasteiger partial charge in [-0.25, -0.2) is 0 Å². The number of nitrogens with one attached hydrogen (secondary N) is 1. The molecular weight excluding hydrogens is 358 g/mol. The van der Waals surface area contributed by atoms with Crippen molar-refractivity contribution in [1.29, 1.82) is 0 Å². The molecule has 1 saturated heterocycles. The number of likely N-dealkylation sites (tertiary alicyclic amines) is 1. The summed E-state index contributed by atoms with van der Waals surface area (Å²) in [6, 6.07) is 12.4. The van der Waals surface area contributed by atoms with Crippen LogP contribution in [0.5, 0.6) is 0 Å². The van der Waals surface area contributed by atoms with Crippen molar-refractivity contribution in [2.24, 2.45) is 5.16 Å². The van der Waals surface area contributed by atoms with Crippen LogP contribution in [-0.2, 0) is 16.2 Å². The van der Waals surface area contributed by atoms with Gasteiger partial charge in [-0.05, 0) is 33.9 Å². The maximum Gasteiger partial charge on any atom is 0.269 e. The second-order valence-corrected chi connectivity index (χ2v) is 8.38. The van der Waals surface area contributed by atoms with Crippen LogP contribution in [0.25, 0.3) is 0 Å². The van der Waals surface area contributed by atoms with E-state index in [-0.39, 0.29) is 17.4 Å². The first-order chi connectivity index (χ1) is 13.1. The van der Waals surface area contributed by atoms with Crippen LogP contribution in [0.1, 0.15) is 36.8 Å². The van der Waals surface area contributed by atoms with Crippen molar-refractivity contribution < 1.29 is 9.63 Å². The van der Waals surface area contributed by atoms with E-state index in [9.17, 15) is 4.79 Å². The Morgan fingerprint density at radius 3 is 3.00 bits per heavy atom. The zero-order chi connectivity index (χ0) is 18.7. The van der Waals surface area contributed by atoms with Gasteiger partial charge in [-0.3, -0.25) is 9.69 Å². The molecular formula is C21H25N3O2S. The zero-order valence-electron chi connectivity index (χ0n) is 15.6. The highest BCUT2D eigenvalue weighted by Crippen LogP contribution is 2.34. The first-order valence-corrected chi connectivity index (χ1v) is 10.4. The fourth-order valence-corrected chi connectivity index (χ4v) is 4.47. The van der Waals surface area contributed by atoms with Gasteiger partial charge in [-0.1, -0.05) is 42.4 Å². The Morgan fingerprint density at radius 2 is 2.22 bits per heavy atom. The molecule has 1 aromatic carbocycles. The number of amides is 1. The molecule has 1 aromatic heterocycles. The summed E-state index contributed by atoms with van der Waals surface area (Å²) in [6.07, 6.45) is 1.51. The third kappa shape index (κ3) is 4.22. The van der Waals surface area contributed by atoms with Crippen LogP contribution in [0.2, 0.25) is 0 Å². The topological polar surface area (TPSA) is 53.9 Å². The molecule has 2 aliphatic rings. The highest BCUT2D eigenvalue weighted by molar-refractivity contribution is 7.07. The van der Waals surface area contributed by atoms with E-state index in [0.29, 0.717) is 18.7 Å². The molecule has 2 aliphatic heterocycles. The predicted octanol–water partition coefficient (Wildman–Crippen LogP) is 3.39. The van der Waals surface area contributed by atoms with Crippen LogP contribution in [-0.4, -0.2) is 41.8 Å². The van der Waals surface area contributed by atoms with Crippen LogP contribution in [0.3, 0.4) is 0 Å². The summed E-state index contributed by atoms with van der Waals surface area (Å²) in [5.41, 5.74) is 2.75. The van der Waals surface area contributed by atoms with E-state index in [1.807, 2.05) is 18.2 Å². The van der Waals surface area contributed by atoms with Gasteiger partial charge in [-0.2, -0.15) is 11.3 Å². The van der Waals surface area contributed by atoms with Crippen LogP contribution >= 0.6 is 11.3 Å². The molecule has 1 spiro atoms. The molecule has 2 aromatic rings. The minimum Gasteiger partial charge on any atom is -0.387 e. The third-order valence-corrected chi connectivity index (χ3v) is 6.15. The van der Waals surface area contributed by atoms with E-state index in [4.69, 9.17) is 4.84 Å². The van der Waals surface area contributed by atoms with Crippen molar-refractivity contribution in [3.63, 3.8) is 0 Å². The Kier molecular flexibility index (Phi) is 5.27. The Balaban J connectivity index is 1.27. The van der Waals surface area contributed by atoms with Gasteiger partial charge in [0, 0.05) is 39.0 Å². The van der Waals surface area contributed by atoms with Crippen LogP contribution in [0.4, 0.5) is 0 Å². The Morgan fingerprint density at radius 1 is 1.37 bits per heavy atom. The maximum atomic E-state index is 12.5. The number of rotatable bonds is 6. The molecule has 4 rings (SSSR count). The highest BCUT2D eigenvalue weighted by atomic mass is 32.1. The van der Waals surface area contributed by atoms with Crippen molar-refractivity contribution in [1.82, 2.24) is 10.2 Å². The largest absolute Gasteiger partial charge is 0.387 e. The molecule has 0 unspecified atom stereocenters. The van der Waals surface area contributed by atoms with E-state index < -0.39 is 0 Å². The van der Waals surface area contributed by atoms with E-state index in [0.717, 1.165) is 26.1 Å². The minimum absolute atomic E-state index is 0.106. The Labute approximate surface area is 164 Å². The van der Waals surface area contributed by atoms with Gasteiger partial charge in [0.25, 0.3) is 5.91 Å². The molecule has 1 fully saturated rings. The van der Waals surface area contributed by atoms with E-state index in [1.54, 1.807) is 11.3 Å². The fraction of sp³-hybridized carbons (Fsp3) is 0.429. The Bertz CT molecular complexity index is 806. The quantitative estimate of drug-likeness (QED) is 0.832. The number of hydrogen-bond donors (Lipinski definition) is 1. The van der Waals surface area contributed by atoms with Crippen molar-refractivity contribution in [3.05, 3.63) is 58.3 Å². The normalized spacial score (nSPS) is 23.2. The Hall–Kier alpha value is -2.18. The molecule has 3 heterocycles. The number of carbonyl (C=O) groups excluding carboxylic acids is 1. The molecule has 2 atom stereocenters.